The molecular weight excluding hydrogens is 280 g/mol. The predicted molar refractivity (Wildman–Crippen MR) is 85.3 cm³/mol. The third-order valence-corrected chi connectivity index (χ3v) is 4.68. The van der Waals surface area contributed by atoms with Crippen LogP contribution in [0.5, 0.6) is 0 Å². The van der Waals surface area contributed by atoms with Gasteiger partial charge in [-0.25, -0.2) is 0 Å². The van der Waals surface area contributed by atoms with Gasteiger partial charge in [-0.05, 0) is 51.1 Å². The summed E-state index contributed by atoms with van der Waals surface area (Å²) in [4.78, 5) is 26.1. The first kappa shape index (κ1) is 17.0. The van der Waals surface area contributed by atoms with Crippen molar-refractivity contribution >= 4 is 11.9 Å². The van der Waals surface area contributed by atoms with Crippen molar-refractivity contribution in [2.45, 2.75) is 38.5 Å². The Bertz CT molecular complexity index is 391. The van der Waals surface area contributed by atoms with Gasteiger partial charge in [0, 0.05) is 19.5 Å². The van der Waals surface area contributed by atoms with Crippen LogP contribution in [0.3, 0.4) is 0 Å². The fraction of sp³-hybridized carbons (Fsp3) is 0.765. The first-order valence-electron chi connectivity index (χ1n) is 8.46. The number of nitrogens with zero attached hydrogens (tertiary/aromatic N) is 1. The summed E-state index contributed by atoms with van der Waals surface area (Å²) in [5.41, 5.74) is 0. The van der Waals surface area contributed by atoms with E-state index in [4.69, 9.17) is 4.74 Å². The van der Waals surface area contributed by atoms with Crippen molar-refractivity contribution in [3.05, 3.63) is 12.7 Å². The van der Waals surface area contributed by atoms with Gasteiger partial charge in [-0.3, -0.25) is 9.59 Å². The summed E-state index contributed by atoms with van der Waals surface area (Å²) in [6.45, 7) is 7.22. The molecule has 2 saturated heterocycles. The van der Waals surface area contributed by atoms with Crippen molar-refractivity contribution in [1.29, 1.82) is 0 Å². The largest absolute Gasteiger partial charge is 0.461 e. The maximum absolute atomic E-state index is 12.4. The smallest absolute Gasteiger partial charge is 0.311 e. The van der Waals surface area contributed by atoms with Crippen molar-refractivity contribution in [3.8, 4) is 0 Å². The fourth-order valence-corrected chi connectivity index (χ4v) is 3.31. The van der Waals surface area contributed by atoms with Gasteiger partial charge in [-0.2, -0.15) is 0 Å². The standard InChI is InChI=1S/C17H28N2O3/c1-2-12-22-17(21)15-4-3-11-19(13-15)16(20)6-5-14-7-9-18-10-8-14/h2,14-15,18H,1,3-13H2. The van der Waals surface area contributed by atoms with Crippen LogP contribution in [0.2, 0.25) is 0 Å². The van der Waals surface area contributed by atoms with E-state index in [0.717, 1.165) is 38.9 Å². The van der Waals surface area contributed by atoms with Crippen LogP contribution in [0, 0.1) is 11.8 Å². The number of piperidine rings is 2. The van der Waals surface area contributed by atoms with E-state index in [1.807, 2.05) is 4.90 Å². The van der Waals surface area contributed by atoms with Gasteiger partial charge in [0.1, 0.15) is 6.61 Å². The maximum atomic E-state index is 12.4. The van der Waals surface area contributed by atoms with Crippen molar-refractivity contribution in [2.75, 3.05) is 32.8 Å². The lowest BCUT2D eigenvalue weighted by Gasteiger charge is -2.32. The molecule has 2 fully saturated rings. The minimum Gasteiger partial charge on any atom is -0.461 e. The monoisotopic (exact) mass is 308 g/mol. The van der Waals surface area contributed by atoms with Crippen molar-refractivity contribution in [1.82, 2.24) is 10.2 Å². The molecule has 0 aliphatic carbocycles. The van der Waals surface area contributed by atoms with Gasteiger partial charge in [0.05, 0.1) is 5.92 Å². The summed E-state index contributed by atoms with van der Waals surface area (Å²) in [6.07, 6.45) is 7.19. The molecule has 2 rings (SSSR count). The Morgan fingerprint density at radius 1 is 1.27 bits per heavy atom. The Labute approximate surface area is 133 Å². The molecular formula is C17H28N2O3. The molecule has 0 aromatic heterocycles. The van der Waals surface area contributed by atoms with E-state index in [2.05, 4.69) is 11.9 Å². The Hall–Kier alpha value is -1.36. The number of carbonyl (C=O) groups is 2. The number of rotatable bonds is 6. The number of ether oxygens (including phenoxy) is 1. The van der Waals surface area contributed by atoms with E-state index in [1.165, 1.54) is 12.8 Å². The number of amides is 1. The first-order chi connectivity index (χ1) is 10.7. The highest BCUT2D eigenvalue weighted by atomic mass is 16.5. The van der Waals surface area contributed by atoms with E-state index in [0.29, 0.717) is 18.9 Å². The number of esters is 1. The lowest BCUT2D eigenvalue weighted by Crippen LogP contribution is -2.43. The van der Waals surface area contributed by atoms with E-state index in [9.17, 15) is 9.59 Å². The number of hydrogen-bond acceptors (Lipinski definition) is 4. The Morgan fingerprint density at radius 2 is 2.05 bits per heavy atom. The van der Waals surface area contributed by atoms with Crippen LogP contribution in [-0.4, -0.2) is 49.6 Å². The zero-order valence-electron chi connectivity index (χ0n) is 13.4. The molecule has 0 aromatic carbocycles. The predicted octanol–water partition coefficient (Wildman–Crippen LogP) is 1.73. The molecule has 0 saturated carbocycles. The highest BCUT2D eigenvalue weighted by Crippen LogP contribution is 2.22. The van der Waals surface area contributed by atoms with Crippen LogP contribution >= 0.6 is 0 Å². The van der Waals surface area contributed by atoms with Gasteiger partial charge in [0.25, 0.3) is 0 Å². The number of hydrogen-bond donors (Lipinski definition) is 1. The van der Waals surface area contributed by atoms with Crippen LogP contribution in [0.15, 0.2) is 12.7 Å². The lowest BCUT2D eigenvalue weighted by molar-refractivity contribution is -0.150. The Kier molecular flexibility index (Phi) is 6.90. The fourth-order valence-electron chi connectivity index (χ4n) is 3.31. The minimum absolute atomic E-state index is 0.170. The van der Waals surface area contributed by atoms with Crippen LogP contribution < -0.4 is 5.32 Å². The van der Waals surface area contributed by atoms with Crippen LogP contribution in [0.1, 0.15) is 38.5 Å². The van der Waals surface area contributed by atoms with Crippen LogP contribution in [0.25, 0.3) is 0 Å². The van der Waals surface area contributed by atoms with Gasteiger partial charge in [0.2, 0.25) is 5.91 Å². The molecule has 1 unspecified atom stereocenters. The molecule has 0 aromatic rings. The average molecular weight is 308 g/mol. The summed E-state index contributed by atoms with van der Waals surface area (Å²) < 4.78 is 5.11. The first-order valence-corrected chi connectivity index (χ1v) is 8.46. The number of nitrogens with one attached hydrogen (secondary N) is 1. The normalized spacial score (nSPS) is 23.1. The molecule has 1 atom stereocenters. The third-order valence-electron chi connectivity index (χ3n) is 4.68. The number of likely N-dealkylation sites (tertiary alicyclic amines) is 1. The highest BCUT2D eigenvalue weighted by Gasteiger charge is 2.29. The van der Waals surface area contributed by atoms with E-state index in [1.54, 1.807) is 6.08 Å². The van der Waals surface area contributed by atoms with E-state index < -0.39 is 0 Å². The van der Waals surface area contributed by atoms with Gasteiger partial charge in [-0.15, -0.1) is 0 Å². The SMILES string of the molecule is C=CCOC(=O)C1CCCN(C(=O)CCC2CCNCC2)C1. The van der Waals surface area contributed by atoms with E-state index in [-0.39, 0.29) is 24.4 Å². The minimum atomic E-state index is -0.198. The molecule has 2 heterocycles. The Balaban J connectivity index is 1.74. The number of carbonyl (C=O) groups excluding carboxylic acids is 2. The zero-order chi connectivity index (χ0) is 15.8. The molecule has 2 aliphatic heterocycles. The molecule has 5 nitrogen and oxygen atoms in total. The molecule has 0 radical (unpaired) electrons. The summed E-state index contributed by atoms with van der Waals surface area (Å²) >= 11 is 0. The van der Waals surface area contributed by atoms with Crippen molar-refractivity contribution in [3.63, 3.8) is 0 Å². The van der Waals surface area contributed by atoms with Gasteiger partial charge in [-0.1, -0.05) is 12.7 Å². The average Bonchev–Trinajstić information content (AvgIpc) is 2.58. The van der Waals surface area contributed by atoms with Gasteiger partial charge < -0.3 is 15.0 Å². The summed E-state index contributed by atoms with van der Waals surface area (Å²) in [6, 6.07) is 0. The van der Waals surface area contributed by atoms with E-state index >= 15 is 0 Å². The molecule has 124 valence electrons. The summed E-state index contributed by atoms with van der Waals surface area (Å²) in [5, 5.41) is 3.35. The Morgan fingerprint density at radius 3 is 2.77 bits per heavy atom. The quantitative estimate of drug-likeness (QED) is 0.600. The summed E-state index contributed by atoms with van der Waals surface area (Å²) in [7, 11) is 0. The molecule has 5 heteroatoms. The van der Waals surface area contributed by atoms with Crippen molar-refractivity contribution in [2.24, 2.45) is 11.8 Å². The molecule has 1 amide bonds. The second-order valence-corrected chi connectivity index (χ2v) is 6.33. The second-order valence-electron chi connectivity index (χ2n) is 6.33. The molecule has 0 bridgehead atoms. The second kappa shape index (κ2) is 8.93. The van der Waals surface area contributed by atoms with Crippen LogP contribution in [0.4, 0.5) is 0 Å². The maximum Gasteiger partial charge on any atom is 0.311 e. The molecule has 0 spiro atoms. The van der Waals surface area contributed by atoms with Crippen molar-refractivity contribution < 1.29 is 14.3 Å². The topological polar surface area (TPSA) is 58.6 Å². The highest BCUT2D eigenvalue weighted by molar-refractivity contribution is 5.78. The molecule has 22 heavy (non-hydrogen) atoms. The van der Waals surface area contributed by atoms with Gasteiger partial charge in [0.15, 0.2) is 0 Å². The van der Waals surface area contributed by atoms with Gasteiger partial charge >= 0.3 is 5.97 Å². The summed E-state index contributed by atoms with van der Waals surface area (Å²) in [5.74, 6) is 0.496. The third kappa shape index (κ3) is 5.13. The molecule has 2 aliphatic rings. The van der Waals surface area contributed by atoms with Crippen LogP contribution in [-0.2, 0) is 14.3 Å². The molecule has 1 N–H and O–H groups in total. The lowest BCUT2D eigenvalue weighted by atomic mass is 9.92. The zero-order valence-corrected chi connectivity index (χ0v) is 13.4.